The average Bonchev–Trinajstić information content (AvgIpc) is 3.25. The minimum atomic E-state index is -0.485. The predicted octanol–water partition coefficient (Wildman–Crippen LogP) is 3.66. The molecule has 0 aromatic heterocycles. The summed E-state index contributed by atoms with van der Waals surface area (Å²) in [4.78, 5) is 27.1. The molecular formula is C22H27NO4. The maximum absolute atomic E-state index is 13.1. The number of carbonyl (C=O) groups is 2. The van der Waals surface area contributed by atoms with Crippen molar-refractivity contribution in [2.24, 2.45) is 0 Å². The Balaban J connectivity index is 1.94. The highest BCUT2D eigenvalue weighted by Crippen LogP contribution is 2.33. The van der Waals surface area contributed by atoms with Gasteiger partial charge in [0, 0.05) is 12.3 Å². The molecule has 2 heterocycles. The summed E-state index contributed by atoms with van der Waals surface area (Å²) in [7, 11) is 1.34. The number of carbonyl (C=O) groups excluding carboxylic acids is 2. The van der Waals surface area contributed by atoms with E-state index in [4.69, 9.17) is 9.47 Å². The lowest BCUT2D eigenvalue weighted by molar-refractivity contribution is -0.136. The minimum absolute atomic E-state index is 0.0208. The molecule has 0 N–H and O–H groups in total. The van der Waals surface area contributed by atoms with Gasteiger partial charge < -0.3 is 14.4 Å². The zero-order valence-corrected chi connectivity index (χ0v) is 16.5. The van der Waals surface area contributed by atoms with Crippen molar-refractivity contribution in [1.29, 1.82) is 0 Å². The first-order chi connectivity index (χ1) is 12.9. The maximum Gasteiger partial charge on any atom is 0.340 e. The van der Waals surface area contributed by atoms with E-state index in [0.29, 0.717) is 29.3 Å². The molecule has 3 rings (SSSR count). The van der Waals surface area contributed by atoms with Crippen molar-refractivity contribution in [3.05, 3.63) is 52.2 Å². The molecule has 27 heavy (non-hydrogen) atoms. The maximum atomic E-state index is 13.1. The van der Waals surface area contributed by atoms with Crippen LogP contribution in [0.15, 0.2) is 41.1 Å². The lowest BCUT2D eigenvalue weighted by atomic mass is 9.99. The van der Waals surface area contributed by atoms with Crippen LogP contribution in [0.3, 0.4) is 0 Å². The molecule has 0 spiro atoms. The highest BCUT2D eigenvalue weighted by atomic mass is 16.5. The summed E-state index contributed by atoms with van der Waals surface area (Å²) in [6.07, 6.45) is 3.73. The lowest BCUT2D eigenvalue weighted by Gasteiger charge is -2.21. The van der Waals surface area contributed by atoms with Gasteiger partial charge in [0.05, 0.1) is 30.9 Å². The zero-order chi connectivity index (χ0) is 19.6. The van der Waals surface area contributed by atoms with Crippen LogP contribution in [0.5, 0.6) is 0 Å². The summed E-state index contributed by atoms with van der Waals surface area (Å²) in [5.74, 6) is -0.216. The van der Waals surface area contributed by atoms with Crippen molar-refractivity contribution < 1.29 is 19.1 Å². The van der Waals surface area contributed by atoms with Gasteiger partial charge in [-0.1, -0.05) is 38.1 Å². The van der Waals surface area contributed by atoms with Crippen molar-refractivity contribution in [2.75, 3.05) is 20.3 Å². The third-order valence-electron chi connectivity index (χ3n) is 5.23. The summed E-state index contributed by atoms with van der Waals surface area (Å²) in [5.41, 5.74) is 3.47. The van der Waals surface area contributed by atoms with Gasteiger partial charge in [0.15, 0.2) is 0 Å². The third kappa shape index (κ3) is 3.98. The van der Waals surface area contributed by atoms with Gasteiger partial charge in [-0.05, 0) is 42.9 Å². The fourth-order valence-electron chi connectivity index (χ4n) is 3.58. The van der Waals surface area contributed by atoms with Gasteiger partial charge in [0.1, 0.15) is 0 Å². The number of hydrogen-bond donors (Lipinski definition) is 0. The Morgan fingerprint density at radius 2 is 2.04 bits per heavy atom. The number of ether oxygens (including phenoxy) is 2. The zero-order valence-electron chi connectivity index (χ0n) is 16.5. The van der Waals surface area contributed by atoms with Gasteiger partial charge in [0.25, 0.3) is 5.91 Å². The average molecular weight is 369 g/mol. The molecule has 1 atom stereocenters. The number of hydrogen-bond acceptors (Lipinski definition) is 4. The largest absolute Gasteiger partial charge is 0.465 e. The fraction of sp³-hybridized carbons (Fsp3) is 0.455. The van der Waals surface area contributed by atoms with Gasteiger partial charge in [0.2, 0.25) is 0 Å². The molecular weight excluding hydrogens is 342 g/mol. The molecule has 0 unspecified atom stereocenters. The quantitative estimate of drug-likeness (QED) is 0.587. The molecule has 0 bridgehead atoms. The summed E-state index contributed by atoms with van der Waals surface area (Å²) >= 11 is 0. The molecule has 2 aliphatic heterocycles. The van der Waals surface area contributed by atoms with Crippen molar-refractivity contribution in [1.82, 2.24) is 4.90 Å². The summed E-state index contributed by atoms with van der Waals surface area (Å²) in [5, 5.41) is 0. The van der Waals surface area contributed by atoms with Gasteiger partial charge >= 0.3 is 5.97 Å². The monoisotopic (exact) mass is 369 g/mol. The van der Waals surface area contributed by atoms with Crippen LogP contribution in [0.25, 0.3) is 6.08 Å². The fourth-order valence-corrected chi connectivity index (χ4v) is 3.58. The molecule has 1 amide bonds. The Kier molecular flexibility index (Phi) is 5.80. The van der Waals surface area contributed by atoms with Crippen molar-refractivity contribution in [3.63, 3.8) is 0 Å². The number of methoxy groups -OCH3 is 1. The molecule has 1 aromatic rings. The molecule has 1 aromatic carbocycles. The van der Waals surface area contributed by atoms with E-state index in [1.54, 1.807) is 17.9 Å². The Bertz CT molecular complexity index is 783. The van der Waals surface area contributed by atoms with Gasteiger partial charge in [-0.2, -0.15) is 0 Å². The normalized spacial score (nSPS) is 21.7. The van der Waals surface area contributed by atoms with Crippen LogP contribution in [0.2, 0.25) is 0 Å². The van der Waals surface area contributed by atoms with Crippen LogP contribution in [0, 0.1) is 0 Å². The van der Waals surface area contributed by atoms with E-state index in [0.717, 1.165) is 25.0 Å². The van der Waals surface area contributed by atoms with Gasteiger partial charge in [-0.15, -0.1) is 0 Å². The number of rotatable bonds is 5. The first-order valence-corrected chi connectivity index (χ1v) is 9.47. The smallest absolute Gasteiger partial charge is 0.340 e. The summed E-state index contributed by atoms with van der Waals surface area (Å²) in [6, 6.07) is 8.05. The standard InChI is InChI=1S/C22H27NO4/c1-14(2)17-9-7-16(8-10-17)12-19-20(22(25)26-4)15(3)23(21(19)24)13-18-6-5-11-27-18/h7-10,12,14,18H,5-6,11,13H2,1-4H3/b19-12-/t18-/m0/s1. The second-order valence-corrected chi connectivity index (χ2v) is 7.38. The van der Waals surface area contributed by atoms with E-state index in [1.165, 1.54) is 12.7 Å². The van der Waals surface area contributed by atoms with Crippen molar-refractivity contribution >= 4 is 18.0 Å². The highest BCUT2D eigenvalue weighted by molar-refractivity contribution is 6.16. The molecule has 0 saturated carbocycles. The summed E-state index contributed by atoms with van der Waals surface area (Å²) in [6.45, 7) is 7.26. The number of amides is 1. The molecule has 2 aliphatic rings. The van der Waals surface area contributed by atoms with E-state index < -0.39 is 5.97 Å². The van der Waals surface area contributed by atoms with Crippen LogP contribution in [-0.4, -0.2) is 43.1 Å². The minimum Gasteiger partial charge on any atom is -0.465 e. The molecule has 5 heteroatoms. The Hall–Kier alpha value is -2.40. The molecule has 0 radical (unpaired) electrons. The van der Waals surface area contributed by atoms with E-state index in [-0.39, 0.29) is 12.0 Å². The first-order valence-electron chi connectivity index (χ1n) is 9.47. The molecule has 1 fully saturated rings. The second-order valence-electron chi connectivity index (χ2n) is 7.38. The van der Waals surface area contributed by atoms with E-state index >= 15 is 0 Å². The van der Waals surface area contributed by atoms with Crippen LogP contribution in [0.1, 0.15) is 50.7 Å². The predicted molar refractivity (Wildman–Crippen MR) is 104 cm³/mol. The lowest BCUT2D eigenvalue weighted by Crippen LogP contribution is -2.33. The molecule has 5 nitrogen and oxygen atoms in total. The molecule has 144 valence electrons. The SMILES string of the molecule is COC(=O)C1=C(C)N(C[C@@H]2CCCO2)C(=O)/C1=C\c1ccc(C(C)C)cc1. The third-order valence-corrected chi connectivity index (χ3v) is 5.23. The van der Waals surface area contributed by atoms with Crippen LogP contribution in [0.4, 0.5) is 0 Å². The Morgan fingerprint density at radius 3 is 2.59 bits per heavy atom. The molecule has 0 aliphatic carbocycles. The highest BCUT2D eigenvalue weighted by Gasteiger charge is 2.38. The van der Waals surface area contributed by atoms with E-state index in [2.05, 4.69) is 26.0 Å². The Labute approximate surface area is 160 Å². The van der Waals surface area contributed by atoms with Crippen LogP contribution in [-0.2, 0) is 19.1 Å². The van der Waals surface area contributed by atoms with E-state index in [9.17, 15) is 9.59 Å². The summed E-state index contributed by atoms with van der Waals surface area (Å²) < 4.78 is 10.6. The number of nitrogens with zero attached hydrogens (tertiary/aromatic N) is 1. The number of allylic oxidation sites excluding steroid dienone is 1. The van der Waals surface area contributed by atoms with Gasteiger partial charge in [-0.25, -0.2) is 4.79 Å². The van der Waals surface area contributed by atoms with Crippen LogP contribution >= 0.6 is 0 Å². The van der Waals surface area contributed by atoms with E-state index in [1.807, 2.05) is 12.1 Å². The van der Waals surface area contributed by atoms with Crippen molar-refractivity contribution in [3.8, 4) is 0 Å². The molecule has 1 saturated heterocycles. The number of benzene rings is 1. The second kappa shape index (κ2) is 8.09. The topological polar surface area (TPSA) is 55.8 Å². The Morgan fingerprint density at radius 1 is 1.33 bits per heavy atom. The number of esters is 1. The van der Waals surface area contributed by atoms with Gasteiger partial charge in [-0.3, -0.25) is 4.79 Å². The van der Waals surface area contributed by atoms with Crippen molar-refractivity contribution in [2.45, 2.75) is 45.6 Å². The van der Waals surface area contributed by atoms with Crippen LogP contribution < -0.4 is 0 Å². The first kappa shape index (κ1) is 19.4.